The largest absolute Gasteiger partial charge is 0.508 e. The molecule has 20 nitrogen and oxygen atoms in total. The van der Waals surface area contributed by atoms with Crippen molar-refractivity contribution in [3.8, 4) is 5.75 Å². The van der Waals surface area contributed by atoms with Crippen molar-refractivity contribution in [2.24, 2.45) is 5.92 Å². The van der Waals surface area contributed by atoms with Crippen molar-refractivity contribution in [2.45, 2.75) is 372 Å². The highest BCUT2D eigenvalue weighted by Gasteiger charge is 2.54. The molecular formula is C89H154NO19P. The summed E-state index contributed by atoms with van der Waals surface area (Å²) in [7, 11) is -3.01. The number of aliphatic hydroxyl groups is 1. The van der Waals surface area contributed by atoms with E-state index in [1.54, 1.807) is 7.11 Å². The Morgan fingerprint density at radius 3 is 1.55 bits per heavy atom. The number of ether oxygens (including phenoxy) is 11. The number of carbonyl (C=O) groups is 3. The lowest BCUT2D eigenvalue weighted by Gasteiger charge is -2.47. The molecule has 21 heteroatoms. The molecule has 110 heavy (non-hydrogen) atoms. The quantitative estimate of drug-likeness (QED) is 0.0267. The van der Waals surface area contributed by atoms with Crippen LogP contribution in [0.25, 0.3) is 0 Å². The van der Waals surface area contributed by atoms with Gasteiger partial charge in [-0.15, -0.1) is 13.2 Å². The lowest BCUT2D eigenvalue weighted by atomic mass is 9.90. The lowest BCUT2D eigenvalue weighted by molar-refractivity contribution is -0.330. The minimum Gasteiger partial charge on any atom is -0.497 e. The molecule has 0 aliphatic carbocycles. The third-order valence-corrected chi connectivity index (χ3v) is 21.7. The van der Waals surface area contributed by atoms with Crippen molar-refractivity contribution in [3.63, 3.8) is 0 Å². The molecule has 1 amide bonds. The first kappa shape index (κ1) is 98.1. The van der Waals surface area contributed by atoms with Crippen LogP contribution < -0.4 is 10.1 Å². The molecule has 2 aliphatic heterocycles. The first-order valence-electron chi connectivity index (χ1n) is 43.9. The zero-order valence-electron chi connectivity index (χ0n) is 70.2. The average molecular weight is 1570 g/mol. The second kappa shape index (κ2) is 68.0. The van der Waals surface area contributed by atoms with Gasteiger partial charge in [0.1, 0.15) is 80.9 Å². The van der Waals surface area contributed by atoms with Gasteiger partial charge in [0.2, 0.25) is 5.91 Å². The number of phosphoric ester groups is 1. The molecule has 2 saturated heterocycles. The maximum atomic E-state index is 15.1. The van der Waals surface area contributed by atoms with E-state index in [0.29, 0.717) is 25.7 Å². The Morgan fingerprint density at radius 2 is 1.00 bits per heavy atom. The monoisotopic (exact) mass is 1570 g/mol. The number of benzene rings is 1. The van der Waals surface area contributed by atoms with E-state index in [1.807, 2.05) is 12.1 Å². The number of unbranched alkanes of at least 4 members (excludes halogenated alkanes) is 34. The molecule has 0 aromatic heterocycles. The summed E-state index contributed by atoms with van der Waals surface area (Å²) in [5.41, 5.74) is 1.12. The molecular weight excluding hydrogens is 1420 g/mol. The van der Waals surface area contributed by atoms with Gasteiger partial charge in [-0.3, -0.25) is 18.4 Å². The van der Waals surface area contributed by atoms with Crippen LogP contribution in [0.2, 0.25) is 0 Å². The summed E-state index contributed by atoms with van der Waals surface area (Å²) in [6.45, 7) is 20.6. The normalized spacial score (nSPS) is 20.7. The van der Waals surface area contributed by atoms with Gasteiger partial charge in [-0.05, 0) is 81.4 Å². The molecule has 0 saturated carbocycles. The second-order valence-corrected chi connectivity index (χ2v) is 31.4. The number of allylic oxidation sites excluding steroid dienone is 2. The molecule has 12 atom stereocenters. The van der Waals surface area contributed by atoms with Crippen molar-refractivity contribution in [3.05, 3.63) is 92.6 Å². The number of hydrogen-bond acceptors (Lipinski definition) is 19. The van der Waals surface area contributed by atoms with Crippen LogP contribution in [-0.2, 0) is 81.5 Å². The molecule has 634 valence electrons. The summed E-state index contributed by atoms with van der Waals surface area (Å²) in [5, 5.41) is 16.1. The number of carbonyl (C=O) groups excluding carboxylic acids is 3. The van der Waals surface area contributed by atoms with Crippen molar-refractivity contribution in [1.29, 1.82) is 0 Å². The molecule has 1 aromatic carbocycles. The van der Waals surface area contributed by atoms with Gasteiger partial charge in [0, 0.05) is 26.2 Å². The fourth-order valence-corrected chi connectivity index (χ4v) is 15.2. The maximum absolute atomic E-state index is 15.1. The Bertz CT molecular complexity index is 2550. The van der Waals surface area contributed by atoms with E-state index >= 15 is 4.57 Å². The molecule has 1 aromatic rings. The van der Waals surface area contributed by atoms with E-state index in [1.165, 1.54) is 127 Å². The van der Waals surface area contributed by atoms with Crippen LogP contribution >= 0.6 is 7.82 Å². The van der Waals surface area contributed by atoms with Crippen LogP contribution in [0.3, 0.4) is 0 Å². The fourth-order valence-electron chi connectivity index (χ4n) is 13.9. The average Bonchev–Trinajstić information content (AvgIpc) is 0.766. The van der Waals surface area contributed by atoms with Crippen LogP contribution in [0.15, 0.2) is 87.0 Å². The predicted octanol–water partition coefficient (Wildman–Crippen LogP) is 21.7. The third-order valence-electron chi connectivity index (χ3n) is 20.3. The van der Waals surface area contributed by atoms with Gasteiger partial charge in [0.25, 0.3) is 0 Å². The Labute approximate surface area is 668 Å². The number of aliphatic hydroxyl groups excluding tert-OH is 1. The van der Waals surface area contributed by atoms with E-state index in [-0.39, 0.29) is 57.9 Å². The smallest absolute Gasteiger partial charge is 0.497 e. The van der Waals surface area contributed by atoms with Gasteiger partial charge in [-0.2, -0.15) is 0 Å². The van der Waals surface area contributed by atoms with Crippen molar-refractivity contribution < 1.29 is 91.1 Å². The number of methoxy groups -OCH3 is 1. The second-order valence-electron chi connectivity index (χ2n) is 29.8. The van der Waals surface area contributed by atoms with E-state index in [4.69, 9.17) is 65.7 Å². The zero-order valence-corrected chi connectivity index (χ0v) is 70.1. The van der Waals surface area contributed by atoms with Crippen LogP contribution in [0.5, 0.6) is 5.75 Å². The zero-order chi connectivity index (χ0) is 80.5. The van der Waals surface area contributed by atoms with Crippen LogP contribution in [0.1, 0.15) is 311 Å². The van der Waals surface area contributed by atoms with Crippen molar-refractivity contribution in [1.82, 2.24) is 5.32 Å². The summed E-state index contributed by atoms with van der Waals surface area (Å²) in [6, 6.07) is 6.75. The van der Waals surface area contributed by atoms with Crippen LogP contribution in [0.4, 0.5) is 4.79 Å². The molecule has 2 aliphatic rings. The van der Waals surface area contributed by atoms with Gasteiger partial charge in [-0.1, -0.05) is 308 Å². The van der Waals surface area contributed by atoms with E-state index in [9.17, 15) is 20.9 Å². The van der Waals surface area contributed by atoms with Crippen molar-refractivity contribution >= 4 is 25.9 Å². The number of amides is 1. The lowest BCUT2D eigenvalue weighted by Crippen LogP contribution is -2.67. The topological polar surface area (TPSA) is 230 Å². The first-order valence-corrected chi connectivity index (χ1v) is 44.8. The number of nitrogens with one attached hydrogen (secondary N) is 1. The van der Waals surface area contributed by atoms with Crippen molar-refractivity contribution in [2.75, 3.05) is 73.2 Å². The standard InChI is InChI=1S/C89H154NO19P/c1-10-18-22-26-29-32-35-37-38-39-40-42-45-49-53-57-79(91)90-81-84(100-69-62-74(56-52-48-25-21-13-4)70-75-58-60-76(96-9)61-59-75)83(109-110(95,105-65-16-7)106-66-17-8)78(72-104-89(94)101-64-15-6)108-87(81)102-71-77-82(93)85(98-67-54-50-46-43-34-31-28-24-20-12-3)86(88(107-77)103-73-80(92)97-63-14-5)99-68-55-51-47-44-41-36-33-30-27-23-19-11-2/h14-17,32,35,58-61,74,77-78,81-88,93H,5-8,10-13,18-31,33-34,36-57,62-73H2,1-4,9H3,(H,90,91)/b35-32-/t74-,77+,78+,81+,82+,83+,84+,85-,86+,87+,88?/m0/s1/i68D/t68?,74-,77+,78+,81+,82+,83+,84+,85-,86+,87+,88?. The van der Waals surface area contributed by atoms with Gasteiger partial charge in [-0.25, -0.2) is 14.2 Å². The van der Waals surface area contributed by atoms with Crippen LogP contribution in [0, 0.1) is 5.92 Å². The third kappa shape index (κ3) is 47.5. The summed E-state index contributed by atoms with van der Waals surface area (Å²) < 4.78 is 112. The molecule has 3 rings (SSSR count). The summed E-state index contributed by atoms with van der Waals surface area (Å²) in [4.78, 5) is 41.6. The van der Waals surface area contributed by atoms with Gasteiger partial charge in [0.15, 0.2) is 12.6 Å². The van der Waals surface area contributed by atoms with E-state index in [2.05, 4.69) is 83.6 Å². The van der Waals surface area contributed by atoms with Gasteiger partial charge in [0.05, 0.1) is 28.3 Å². The van der Waals surface area contributed by atoms with E-state index < -0.39 is 108 Å². The molecule has 2 unspecified atom stereocenters. The Balaban J connectivity index is 2.19. The maximum Gasteiger partial charge on any atom is 0.508 e. The summed E-state index contributed by atoms with van der Waals surface area (Å²) in [6.07, 6.45) is 42.4. The Morgan fingerprint density at radius 1 is 0.509 bits per heavy atom. The molecule has 0 spiro atoms. The van der Waals surface area contributed by atoms with Crippen LogP contribution in [-0.4, -0.2) is 158 Å². The highest BCUT2D eigenvalue weighted by Crippen LogP contribution is 2.53. The number of hydrogen-bond donors (Lipinski definition) is 2. The molecule has 2 heterocycles. The fraction of sp³-hybridized carbons (Fsp3) is 0.787. The minimum atomic E-state index is -4.65. The molecule has 2 fully saturated rings. The summed E-state index contributed by atoms with van der Waals surface area (Å²) >= 11 is 0. The SMILES string of the molecule is [2H]C(CCCCCCCCCCCCC)O[C@H]1C(OCC(=O)OCC=C)O[C@H](CO[C@@H]2O[C@H](COC(=O)OCC=C)[C@@H](OP(=O)(OCC=C)OCC=C)[C@H](OCC[C@H](CCCCCCC)Cc3ccc(OC)cc3)[C@H]2NC(=O)CCCCCCCCC/C=C\CCCCCC)[C@@H](O)[C@@H]1OCCCCCCCCCCCC. The van der Waals surface area contributed by atoms with Gasteiger partial charge >= 0.3 is 19.9 Å². The predicted molar refractivity (Wildman–Crippen MR) is 440 cm³/mol. The molecule has 0 radical (unpaired) electrons. The number of rotatable bonds is 75. The molecule has 0 bridgehead atoms. The van der Waals surface area contributed by atoms with Gasteiger partial charge < -0.3 is 62.5 Å². The Hall–Kier alpha value is -4.28. The Kier molecular flexibility index (Phi) is 60.6. The highest BCUT2D eigenvalue weighted by atomic mass is 31.2. The number of esters is 1. The summed E-state index contributed by atoms with van der Waals surface area (Å²) in [5.74, 6) is -0.212. The molecule has 2 N–H and O–H groups in total. The number of phosphoric acid groups is 1. The first-order chi connectivity index (χ1) is 54.2. The van der Waals surface area contributed by atoms with E-state index in [0.717, 1.165) is 159 Å². The highest BCUT2D eigenvalue weighted by molar-refractivity contribution is 7.48. The minimum absolute atomic E-state index is 0.0681.